The highest BCUT2D eigenvalue weighted by Gasteiger charge is 2.08. The zero-order chi connectivity index (χ0) is 12.7. The topological polar surface area (TPSA) is 15.8 Å². The van der Waals surface area contributed by atoms with E-state index in [-0.39, 0.29) is 0 Å². The predicted molar refractivity (Wildman–Crippen MR) is 77.9 cm³/mol. The molecule has 1 nitrogen and oxygen atoms in total. The number of H-pyrrole nitrogens is 1. The van der Waals surface area contributed by atoms with Crippen molar-refractivity contribution in [3.63, 3.8) is 0 Å². The highest BCUT2D eigenvalue weighted by molar-refractivity contribution is 5.87. The molecule has 0 saturated heterocycles. The lowest BCUT2D eigenvalue weighted by molar-refractivity contribution is 1.34. The Balaban J connectivity index is 2.26. The Morgan fingerprint density at radius 1 is 0.833 bits per heavy atom. The Morgan fingerprint density at radius 3 is 2.28 bits per heavy atom. The van der Waals surface area contributed by atoms with Gasteiger partial charge in [0.15, 0.2) is 0 Å². The molecule has 0 unspecified atom stereocenters. The van der Waals surface area contributed by atoms with Crippen LogP contribution in [0, 0.1) is 20.8 Å². The first kappa shape index (κ1) is 11.1. The highest BCUT2D eigenvalue weighted by atomic mass is 14.7. The lowest BCUT2D eigenvalue weighted by Gasteiger charge is -2.07. The van der Waals surface area contributed by atoms with Gasteiger partial charge in [0.25, 0.3) is 0 Å². The summed E-state index contributed by atoms with van der Waals surface area (Å²) in [5, 5.41) is 1.28. The third kappa shape index (κ3) is 1.72. The molecule has 90 valence electrons. The Kier molecular flexibility index (Phi) is 2.48. The Bertz CT molecular complexity index is 699. The molecule has 0 radical (unpaired) electrons. The maximum atomic E-state index is 3.52. The van der Waals surface area contributed by atoms with Gasteiger partial charge in [0, 0.05) is 22.2 Å². The summed E-state index contributed by atoms with van der Waals surface area (Å²) in [7, 11) is 0. The minimum atomic E-state index is 1.21. The summed E-state index contributed by atoms with van der Waals surface area (Å²) < 4.78 is 0. The van der Waals surface area contributed by atoms with Gasteiger partial charge >= 0.3 is 0 Å². The predicted octanol–water partition coefficient (Wildman–Crippen LogP) is 4.76. The first-order valence-corrected chi connectivity index (χ1v) is 6.31. The number of aromatic nitrogens is 1. The SMILES string of the molecule is Cc1ccc2[nH]c(-c3c(C)cccc3C)cc2c1. The highest BCUT2D eigenvalue weighted by Crippen LogP contribution is 2.29. The second-order valence-electron chi connectivity index (χ2n) is 5.04. The van der Waals surface area contributed by atoms with Crippen molar-refractivity contribution in [3.8, 4) is 11.3 Å². The quantitative estimate of drug-likeness (QED) is 0.626. The number of rotatable bonds is 1. The number of nitrogens with one attached hydrogen (secondary N) is 1. The summed E-state index contributed by atoms with van der Waals surface area (Å²) in [6.07, 6.45) is 0. The molecule has 18 heavy (non-hydrogen) atoms. The smallest absolute Gasteiger partial charge is 0.0470 e. The fraction of sp³-hybridized carbons (Fsp3) is 0.176. The van der Waals surface area contributed by atoms with Crippen LogP contribution in [-0.4, -0.2) is 4.98 Å². The molecule has 1 heterocycles. The molecule has 0 aliphatic rings. The van der Waals surface area contributed by atoms with E-state index in [0.29, 0.717) is 0 Å². The van der Waals surface area contributed by atoms with E-state index >= 15 is 0 Å². The summed E-state index contributed by atoms with van der Waals surface area (Å²) in [4.78, 5) is 3.52. The van der Waals surface area contributed by atoms with Gasteiger partial charge in [0.05, 0.1) is 0 Å². The van der Waals surface area contributed by atoms with E-state index in [1.165, 1.54) is 38.9 Å². The molecule has 0 bridgehead atoms. The van der Waals surface area contributed by atoms with Crippen LogP contribution in [0.25, 0.3) is 22.2 Å². The zero-order valence-corrected chi connectivity index (χ0v) is 11.0. The van der Waals surface area contributed by atoms with Gasteiger partial charge in [0.2, 0.25) is 0 Å². The summed E-state index contributed by atoms with van der Waals surface area (Å²) in [5.41, 5.74) is 7.68. The van der Waals surface area contributed by atoms with Crippen LogP contribution in [0.4, 0.5) is 0 Å². The first-order chi connectivity index (χ1) is 8.65. The van der Waals surface area contributed by atoms with Crippen molar-refractivity contribution < 1.29 is 0 Å². The van der Waals surface area contributed by atoms with Crippen molar-refractivity contribution in [2.24, 2.45) is 0 Å². The number of hydrogen-bond donors (Lipinski definition) is 1. The molecule has 0 aliphatic carbocycles. The van der Waals surface area contributed by atoms with Crippen LogP contribution in [0.15, 0.2) is 42.5 Å². The molecule has 1 N–H and O–H groups in total. The maximum Gasteiger partial charge on any atom is 0.0470 e. The average molecular weight is 235 g/mol. The molecular formula is C17H17N. The van der Waals surface area contributed by atoms with Gasteiger partial charge in [0.1, 0.15) is 0 Å². The molecule has 3 rings (SSSR count). The van der Waals surface area contributed by atoms with Crippen LogP contribution >= 0.6 is 0 Å². The standard InChI is InChI=1S/C17H17N/c1-11-7-8-15-14(9-11)10-16(18-15)17-12(2)5-4-6-13(17)3/h4-10,18H,1-3H3. The van der Waals surface area contributed by atoms with E-state index in [9.17, 15) is 0 Å². The fourth-order valence-corrected chi connectivity index (χ4v) is 2.63. The molecule has 0 aliphatic heterocycles. The van der Waals surface area contributed by atoms with Crippen molar-refractivity contribution in [2.75, 3.05) is 0 Å². The van der Waals surface area contributed by atoms with Crippen LogP contribution < -0.4 is 0 Å². The van der Waals surface area contributed by atoms with Gasteiger partial charge in [-0.05, 0) is 50.1 Å². The van der Waals surface area contributed by atoms with E-state index in [4.69, 9.17) is 0 Å². The van der Waals surface area contributed by atoms with Gasteiger partial charge < -0.3 is 4.98 Å². The molecule has 3 aromatic rings. The number of benzene rings is 2. The van der Waals surface area contributed by atoms with Crippen LogP contribution in [0.3, 0.4) is 0 Å². The fourth-order valence-electron chi connectivity index (χ4n) is 2.63. The second kappa shape index (κ2) is 4.02. The molecular weight excluding hydrogens is 218 g/mol. The van der Waals surface area contributed by atoms with E-state index in [1.807, 2.05) is 0 Å². The molecule has 1 heteroatoms. The van der Waals surface area contributed by atoms with E-state index < -0.39 is 0 Å². The molecule has 0 fully saturated rings. The summed E-state index contributed by atoms with van der Waals surface area (Å²) in [6.45, 7) is 6.46. The molecule has 0 saturated carbocycles. The molecule has 0 atom stereocenters. The monoisotopic (exact) mass is 235 g/mol. The van der Waals surface area contributed by atoms with Gasteiger partial charge in [-0.1, -0.05) is 29.8 Å². The lowest BCUT2D eigenvalue weighted by Crippen LogP contribution is -1.87. The van der Waals surface area contributed by atoms with Crippen LogP contribution in [0.2, 0.25) is 0 Å². The van der Waals surface area contributed by atoms with Crippen LogP contribution in [0.5, 0.6) is 0 Å². The number of fused-ring (bicyclic) bond motifs is 1. The number of aromatic amines is 1. The number of hydrogen-bond acceptors (Lipinski definition) is 0. The van der Waals surface area contributed by atoms with E-state index in [0.717, 1.165) is 0 Å². The van der Waals surface area contributed by atoms with Crippen molar-refractivity contribution in [1.82, 2.24) is 4.98 Å². The second-order valence-corrected chi connectivity index (χ2v) is 5.04. The normalized spacial score (nSPS) is 11.1. The van der Waals surface area contributed by atoms with Crippen molar-refractivity contribution in [2.45, 2.75) is 20.8 Å². The number of aryl methyl sites for hydroxylation is 3. The van der Waals surface area contributed by atoms with Crippen LogP contribution in [-0.2, 0) is 0 Å². The van der Waals surface area contributed by atoms with Crippen molar-refractivity contribution in [3.05, 3.63) is 59.2 Å². The van der Waals surface area contributed by atoms with Gasteiger partial charge in [-0.15, -0.1) is 0 Å². The van der Waals surface area contributed by atoms with Gasteiger partial charge in [-0.25, -0.2) is 0 Å². The third-order valence-corrected chi connectivity index (χ3v) is 3.53. The molecule has 0 amide bonds. The lowest BCUT2D eigenvalue weighted by atomic mass is 10.0. The van der Waals surface area contributed by atoms with Gasteiger partial charge in [-0.2, -0.15) is 0 Å². The third-order valence-electron chi connectivity index (χ3n) is 3.53. The van der Waals surface area contributed by atoms with E-state index in [2.05, 4.69) is 68.2 Å². The molecule has 1 aromatic heterocycles. The maximum absolute atomic E-state index is 3.52. The van der Waals surface area contributed by atoms with Crippen molar-refractivity contribution in [1.29, 1.82) is 0 Å². The Morgan fingerprint density at radius 2 is 1.56 bits per heavy atom. The van der Waals surface area contributed by atoms with Gasteiger partial charge in [-0.3, -0.25) is 0 Å². The van der Waals surface area contributed by atoms with Crippen molar-refractivity contribution >= 4 is 10.9 Å². The minimum Gasteiger partial charge on any atom is -0.355 e. The average Bonchev–Trinajstić information content (AvgIpc) is 2.71. The molecule has 0 spiro atoms. The molecule has 2 aromatic carbocycles. The minimum absolute atomic E-state index is 1.21. The van der Waals surface area contributed by atoms with Crippen LogP contribution in [0.1, 0.15) is 16.7 Å². The Hall–Kier alpha value is -2.02. The summed E-state index contributed by atoms with van der Waals surface area (Å²) >= 11 is 0. The zero-order valence-electron chi connectivity index (χ0n) is 11.0. The van der Waals surface area contributed by atoms with E-state index in [1.54, 1.807) is 0 Å². The first-order valence-electron chi connectivity index (χ1n) is 6.31. The summed E-state index contributed by atoms with van der Waals surface area (Å²) in [6, 6.07) is 15.2. The largest absolute Gasteiger partial charge is 0.355 e. The Labute approximate surface area is 107 Å². The summed E-state index contributed by atoms with van der Waals surface area (Å²) in [5.74, 6) is 0.